The van der Waals surface area contributed by atoms with Crippen molar-refractivity contribution in [1.29, 1.82) is 0 Å². The fourth-order valence-electron chi connectivity index (χ4n) is 1.12. The van der Waals surface area contributed by atoms with Gasteiger partial charge >= 0.3 is 0 Å². The Morgan fingerprint density at radius 1 is 1.62 bits per heavy atom. The molecule has 0 aromatic carbocycles. The lowest BCUT2D eigenvalue weighted by Gasteiger charge is -2.08. The topological polar surface area (TPSA) is 34.1 Å². The van der Waals surface area contributed by atoms with Crippen LogP contribution in [-0.4, -0.2) is 25.7 Å². The van der Waals surface area contributed by atoms with Crippen LogP contribution in [0.15, 0.2) is 12.3 Å². The van der Waals surface area contributed by atoms with E-state index in [0.29, 0.717) is 5.15 Å². The third-order valence-electron chi connectivity index (χ3n) is 1.81. The van der Waals surface area contributed by atoms with Gasteiger partial charge < -0.3 is 10.1 Å². The van der Waals surface area contributed by atoms with Crippen molar-refractivity contribution in [3.05, 3.63) is 23.0 Å². The molecular weight excluding hydrogens is 188 g/mol. The van der Waals surface area contributed by atoms with Crippen LogP contribution >= 0.6 is 11.6 Å². The van der Waals surface area contributed by atoms with Crippen LogP contribution < -0.4 is 10.1 Å². The van der Waals surface area contributed by atoms with Crippen LogP contribution in [0.2, 0.25) is 5.15 Å². The molecular formula is C9H13ClN2O. The highest BCUT2D eigenvalue weighted by Crippen LogP contribution is 2.23. The molecule has 0 unspecified atom stereocenters. The van der Waals surface area contributed by atoms with Crippen molar-refractivity contribution in [3.63, 3.8) is 0 Å². The number of pyridine rings is 1. The summed E-state index contributed by atoms with van der Waals surface area (Å²) in [6, 6.07) is 1.82. The minimum absolute atomic E-state index is 0.523. The summed E-state index contributed by atoms with van der Waals surface area (Å²) in [5.74, 6) is 0.801. The molecule has 0 aliphatic carbocycles. The van der Waals surface area contributed by atoms with Crippen molar-refractivity contribution in [2.75, 3.05) is 20.7 Å². The Labute approximate surface area is 83.1 Å². The number of halogens is 1. The maximum atomic E-state index is 5.93. The monoisotopic (exact) mass is 200 g/mol. The summed E-state index contributed by atoms with van der Waals surface area (Å²) in [6.07, 6.45) is 2.47. The predicted octanol–water partition coefficient (Wildman–Crippen LogP) is 1.51. The average Bonchev–Trinajstić information content (AvgIpc) is 2.15. The standard InChI is InChI=1S/C9H13ClN2O/c1-11-5-3-7-8(13-2)4-6-12-9(7)10/h4,6,11H,3,5H2,1-2H3. The zero-order chi connectivity index (χ0) is 9.68. The number of likely N-dealkylation sites (N-methyl/N-ethyl adjacent to an activating group) is 1. The van der Waals surface area contributed by atoms with Crippen LogP contribution in [0.5, 0.6) is 5.75 Å². The Kier molecular flexibility index (Phi) is 3.99. The molecule has 4 heteroatoms. The summed E-state index contributed by atoms with van der Waals surface area (Å²) in [5.41, 5.74) is 0.959. The van der Waals surface area contributed by atoms with E-state index in [4.69, 9.17) is 16.3 Å². The molecule has 1 rings (SSSR count). The van der Waals surface area contributed by atoms with E-state index < -0.39 is 0 Å². The Morgan fingerprint density at radius 3 is 3.00 bits per heavy atom. The maximum absolute atomic E-state index is 5.93. The van der Waals surface area contributed by atoms with Gasteiger partial charge in [0.1, 0.15) is 10.9 Å². The molecule has 72 valence electrons. The fourth-order valence-corrected chi connectivity index (χ4v) is 1.36. The average molecular weight is 201 g/mol. The van der Waals surface area contributed by atoms with E-state index in [1.165, 1.54) is 0 Å². The second-order valence-electron chi connectivity index (χ2n) is 2.64. The third kappa shape index (κ3) is 2.57. The second-order valence-corrected chi connectivity index (χ2v) is 2.99. The van der Waals surface area contributed by atoms with E-state index in [9.17, 15) is 0 Å². The minimum atomic E-state index is 0.523. The van der Waals surface area contributed by atoms with Crippen LogP contribution in [0.4, 0.5) is 0 Å². The molecule has 3 nitrogen and oxygen atoms in total. The summed E-state index contributed by atoms with van der Waals surface area (Å²) in [6.45, 7) is 0.863. The van der Waals surface area contributed by atoms with Gasteiger partial charge in [0.05, 0.1) is 7.11 Å². The first kappa shape index (κ1) is 10.3. The highest BCUT2D eigenvalue weighted by atomic mass is 35.5. The molecule has 1 aromatic heterocycles. The van der Waals surface area contributed by atoms with E-state index in [2.05, 4.69) is 10.3 Å². The van der Waals surface area contributed by atoms with E-state index in [0.717, 1.165) is 24.3 Å². The Bertz CT molecular complexity index is 278. The molecule has 0 saturated heterocycles. The summed E-state index contributed by atoms with van der Waals surface area (Å²) >= 11 is 5.93. The zero-order valence-electron chi connectivity index (χ0n) is 7.80. The minimum Gasteiger partial charge on any atom is -0.496 e. The molecule has 0 saturated carbocycles. The van der Waals surface area contributed by atoms with Crippen molar-refractivity contribution in [1.82, 2.24) is 10.3 Å². The van der Waals surface area contributed by atoms with Gasteiger partial charge in [-0.2, -0.15) is 0 Å². The van der Waals surface area contributed by atoms with Crippen molar-refractivity contribution < 1.29 is 4.74 Å². The summed E-state index contributed by atoms with van der Waals surface area (Å²) in [7, 11) is 3.53. The van der Waals surface area contributed by atoms with Gasteiger partial charge in [0.15, 0.2) is 0 Å². The van der Waals surface area contributed by atoms with Crippen LogP contribution in [-0.2, 0) is 6.42 Å². The summed E-state index contributed by atoms with van der Waals surface area (Å²) in [5, 5.41) is 3.58. The maximum Gasteiger partial charge on any atom is 0.135 e. The molecule has 0 radical (unpaired) electrons. The molecule has 13 heavy (non-hydrogen) atoms. The van der Waals surface area contributed by atoms with Gasteiger partial charge in [0.2, 0.25) is 0 Å². The van der Waals surface area contributed by atoms with Gasteiger partial charge in [-0.3, -0.25) is 0 Å². The van der Waals surface area contributed by atoms with E-state index in [1.807, 2.05) is 13.1 Å². The van der Waals surface area contributed by atoms with Crippen LogP contribution in [0, 0.1) is 0 Å². The molecule has 0 aliphatic rings. The highest BCUT2D eigenvalue weighted by molar-refractivity contribution is 6.30. The molecule has 1 heterocycles. The van der Waals surface area contributed by atoms with Crippen LogP contribution in [0.1, 0.15) is 5.56 Å². The number of aromatic nitrogens is 1. The molecule has 1 N–H and O–H groups in total. The van der Waals surface area contributed by atoms with Crippen LogP contribution in [0.25, 0.3) is 0 Å². The largest absolute Gasteiger partial charge is 0.496 e. The molecule has 0 amide bonds. The number of hydrogen-bond acceptors (Lipinski definition) is 3. The predicted molar refractivity (Wildman–Crippen MR) is 53.4 cm³/mol. The van der Waals surface area contributed by atoms with Crippen LogP contribution in [0.3, 0.4) is 0 Å². The van der Waals surface area contributed by atoms with Crippen molar-refractivity contribution in [3.8, 4) is 5.75 Å². The molecule has 0 spiro atoms. The van der Waals surface area contributed by atoms with Gasteiger partial charge in [0, 0.05) is 11.8 Å². The molecule has 0 aliphatic heterocycles. The SMILES string of the molecule is CNCCc1c(OC)ccnc1Cl. The summed E-state index contributed by atoms with van der Waals surface area (Å²) in [4.78, 5) is 4.00. The van der Waals surface area contributed by atoms with Crippen molar-refractivity contribution >= 4 is 11.6 Å². The number of hydrogen-bond donors (Lipinski definition) is 1. The van der Waals surface area contributed by atoms with E-state index >= 15 is 0 Å². The fraction of sp³-hybridized carbons (Fsp3) is 0.444. The number of methoxy groups -OCH3 is 1. The van der Waals surface area contributed by atoms with E-state index in [-0.39, 0.29) is 0 Å². The van der Waals surface area contributed by atoms with Gasteiger partial charge in [-0.1, -0.05) is 11.6 Å². The number of nitrogens with one attached hydrogen (secondary N) is 1. The Morgan fingerprint density at radius 2 is 2.38 bits per heavy atom. The Hall–Kier alpha value is -0.800. The number of ether oxygens (including phenoxy) is 1. The third-order valence-corrected chi connectivity index (χ3v) is 2.13. The van der Waals surface area contributed by atoms with Gasteiger partial charge in [0.25, 0.3) is 0 Å². The lowest BCUT2D eigenvalue weighted by atomic mass is 10.2. The smallest absolute Gasteiger partial charge is 0.135 e. The first-order chi connectivity index (χ1) is 6.29. The molecule has 1 aromatic rings. The zero-order valence-corrected chi connectivity index (χ0v) is 8.56. The van der Waals surface area contributed by atoms with Crippen molar-refractivity contribution in [2.45, 2.75) is 6.42 Å². The van der Waals surface area contributed by atoms with Crippen molar-refractivity contribution in [2.24, 2.45) is 0 Å². The Balaban J connectivity index is 2.87. The number of rotatable bonds is 4. The first-order valence-corrected chi connectivity index (χ1v) is 4.49. The lowest BCUT2D eigenvalue weighted by molar-refractivity contribution is 0.408. The van der Waals surface area contributed by atoms with Gasteiger partial charge in [-0.15, -0.1) is 0 Å². The normalized spacial score (nSPS) is 10.1. The summed E-state index contributed by atoms with van der Waals surface area (Å²) < 4.78 is 5.17. The molecule has 0 bridgehead atoms. The van der Waals surface area contributed by atoms with Gasteiger partial charge in [-0.05, 0) is 26.1 Å². The quantitative estimate of drug-likeness (QED) is 0.749. The molecule has 0 fully saturated rings. The second kappa shape index (κ2) is 5.04. The van der Waals surface area contributed by atoms with Gasteiger partial charge in [-0.25, -0.2) is 4.98 Å². The lowest BCUT2D eigenvalue weighted by Crippen LogP contribution is -2.11. The molecule has 0 atom stereocenters. The first-order valence-electron chi connectivity index (χ1n) is 4.11. The van der Waals surface area contributed by atoms with E-state index in [1.54, 1.807) is 13.3 Å². The highest BCUT2D eigenvalue weighted by Gasteiger charge is 2.07. The number of nitrogens with zero attached hydrogens (tertiary/aromatic N) is 1.